The van der Waals surface area contributed by atoms with Gasteiger partial charge in [0.1, 0.15) is 6.17 Å². The topological polar surface area (TPSA) is 0 Å². The van der Waals surface area contributed by atoms with Gasteiger partial charge in [0.25, 0.3) is 0 Å². The predicted molar refractivity (Wildman–Crippen MR) is 34.9 cm³/mol. The second-order valence-corrected chi connectivity index (χ2v) is 3.47. The summed E-state index contributed by atoms with van der Waals surface area (Å²) in [7, 11) is 0. The van der Waals surface area contributed by atoms with Gasteiger partial charge in [-0.2, -0.15) is 0 Å². The van der Waals surface area contributed by atoms with Crippen molar-refractivity contribution in [1.29, 1.82) is 0 Å². The van der Waals surface area contributed by atoms with Crippen molar-refractivity contribution in [2.24, 2.45) is 17.8 Å². The van der Waals surface area contributed by atoms with Crippen molar-refractivity contribution in [3.63, 3.8) is 0 Å². The first kappa shape index (κ1) is 5.70. The van der Waals surface area contributed by atoms with E-state index in [1.54, 1.807) is 0 Å². The second-order valence-electron chi connectivity index (χ2n) is 3.47. The van der Waals surface area contributed by atoms with Crippen LogP contribution in [0.4, 0.5) is 4.39 Å². The van der Waals surface area contributed by atoms with Crippen molar-refractivity contribution in [1.82, 2.24) is 0 Å². The lowest BCUT2D eigenvalue weighted by molar-refractivity contribution is 0.298. The Balaban J connectivity index is 1.91. The molecule has 0 aromatic rings. The quantitative estimate of drug-likeness (QED) is 0.508. The van der Waals surface area contributed by atoms with E-state index in [1.165, 1.54) is 6.42 Å². The van der Waals surface area contributed by atoms with E-state index >= 15 is 0 Å². The van der Waals surface area contributed by atoms with Gasteiger partial charge in [-0.05, 0) is 30.6 Å². The first-order valence-electron chi connectivity index (χ1n) is 3.97. The molecule has 2 unspecified atom stereocenters. The van der Waals surface area contributed by atoms with Crippen molar-refractivity contribution in [2.45, 2.75) is 32.4 Å². The van der Waals surface area contributed by atoms with Gasteiger partial charge >= 0.3 is 0 Å². The molecule has 2 aliphatic rings. The molecule has 52 valence electrons. The summed E-state index contributed by atoms with van der Waals surface area (Å²) in [6.07, 6.45) is 2.59. The number of hydrogen-bond donors (Lipinski definition) is 0. The monoisotopic (exact) mass is 128 g/mol. The summed E-state index contributed by atoms with van der Waals surface area (Å²) in [6, 6.07) is 0. The standard InChI is InChI=1S/C8H13F/c1-2-6-7-3-5(9)4-8(6)7/h5-8H,2-4H2,1H3/t5?,6?,7-,8+. The predicted octanol–water partition coefficient (Wildman–Crippen LogP) is 2.39. The highest BCUT2D eigenvalue weighted by Crippen LogP contribution is 2.59. The van der Waals surface area contributed by atoms with Crippen LogP contribution in [0.5, 0.6) is 0 Å². The third kappa shape index (κ3) is 0.702. The maximum absolute atomic E-state index is 12.5. The molecule has 0 bridgehead atoms. The second kappa shape index (κ2) is 1.71. The van der Waals surface area contributed by atoms with E-state index in [9.17, 15) is 4.39 Å². The SMILES string of the molecule is CCC1[C@H]2CC(F)C[C@@H]12. The average molecular weight is 128 g/mol. The molecule has 0 aromatic carbocycles. The minimum atomic E-state index is -0.442. The van der Waals surface area contributed by atoms with Gasteiger partial charge < -0.3 is 0 Å². The lowest BCUT2D eigenvalue weighted by Gasteiger charge is -2.01. The Kier molecular flexibility index (Phi) is 1.08. The summed E-state index contributed by atoms with van der Waals surface area (Å²) in [5.74, 6) is 2.51. The summed E-state index contributed by atoms with van der Waals surface area (Å²) >= 11 is 0. The Morgan fingerprint density at radius 2 is 1.89 bits per heavy atom. The minimum Gasteiger partial charge on any atom is -0.247 e. The van der Waals surface area contributed by atoms with E-state index < -0.39 is 6.17 Å². The molecule has 0 amide bonds. The molecule has 0 heterocycles. The van der Waals surface area contributed by atoms with E-state index in [1.807, 2.05) is 0 Å². The Labute approximate surface area is 55.4 Å². The summed E-state index contributed by atoms with van der Waals surface area (Å²) in [6.45, 7) is 2.22. The highest BCUT2D eigenvalue weighted by Gasteiger charge is 2.54. The van der Waals surface area contributed by atoms with Gasteiger partial charge in [0.05, 0.1) is 0 Å². The van der Waals surface area contributed by atoms with Crippen LogP contribution in [-0.4, -0.2) is 6.17 Å². The van der Waals surface area contributed by atoms with Gasteiger partial charge in [0.2, 0.25) is 0 Å². The van der Waals surface area contributed by atoms with Crippen LogP contribution in [0, 0.1) is 17.8 Å². The highest BCUT2D eigenvalue weighted by molar-refractivity contribution is 5.03. The van der Waals surface area contributed by atoms with E-state index in [4.69, 9.17) is 0 Å². The molecule has 2 fully saturated rings. The van der Waals surface area contributed by atoms with Crippen LogP contribution in [0.25, 0.3) is 0 Å². The van der Waals surface area contributed by atoms with E-state index in [0.717, 1.165) is 30.6 Å². The van der Waals surface area contributed by atoms with E-state index in [0.29, 0.717) is 0 Å². The van der Waals surface area contributed by atoms with Gasteiger partial charge in [0.15, 0.2) is 0 Å². The fraction of sp³-hybridized carbons (Fsp3) is 1.00. The van der Waals surface area contributed by atoms with Crippen LogP contribution >= 0.6 is 0 Å². The molecule has 4 atom stereocenters. The van der Waals surface area contributed by atoms with E-state index in [-0.39, 0.29) is 0 Å². The summed E-state index contributed by atoms with van der Waals surface area (Å²) in [5.41, 5.74) is 0. The van der Waals surface area contributed by atoms with Crippen LogP contribution in [0.3, 0.4) is 0 Å². The summed E-state index contributed by atoms with van der Waals surface area (Å²) < 4.78 is 12.5. The first-order valence-corrected chi connectivity index (χ1v) is 3.97. The molecular weight excluding hydrogens is 115 g/mol. The maximum atomic E-state index is 12.5. The molecule has 0 aromatic heterocycles. The maximum Gasteiger partial charge on any atom is 0.101 e. The van der Waals surface area contributed by atoms with Crippen molar-refractivity contribution >= 4 is 0 Å². The molecule has 0 saturated heterocycles. The molecule has 2 aliphatic carbocycles. The summed E-state index contributed by atoms with van der Waals surface area (Å²) in [5, 5.41) is 0. The third-order valence-corrected chi connectivity index (χ3v) is 3.04. The molecule has 9 heavy (non-hydrogen) atoms. The lowest BCUT2D eigenvalue weighted by Crippen LogP contribution is -1.98. The number of hydrogen-bond acceptors (Lipinski definition) is 0. The molecule has 2 rings (SSSR count). The zero-order chi connectivity index (χ0) is 6.43. The highest BCUT2D eigenvalue weighted by atomic mass is 19.1. The normalized spacial score (nSPS) is 55.3. The van der Waals surface area contributed by atoms with Crippen LogP contribution in [0.1, 0.15) is 26.2 Å². The van der Waals surface area contributed by atoms with Crippen molar-refractivity contribution in [2.75, 3.05) is 0 Å². The molecule has 1 heteroatoms. The van der Waals surface area contributed by atoms with Crippen LogP contribution in [0.15, 0.2) is 0 Å². The third-order valence-electron chi connectivity index (χ3n) is 3.04. The molecule has 2 saturated carbocycles. The number of rotatable bonds is 1. The summed E-state index contributed by atoms with van der Waals surface area (Å²) in [4.78, 5) is 0. The van der Waals surface area contributed by atoms with Gasteiger partial charge in [-0.1, -0.05) is 13.3 Å². The number of halogens is 1. The van der Waals surface area contributed by atoms with Crippen molar-refractivity contribution in [3.8, 4) is 0 Å². The fourth-order valence-corrected chi connectivity index (χ4v) is 2.52. The molecule has 0 nitrogen and oxygen atoms in total. The first-order chi connectivity index (χ1) is 4.33. The van der Waals surface area contributed by atoms with Crippen LogP contribution in [0.2, 0.25) is 0 Å². The molecular formula is C8H13F. The average Bonchev–Trinajstić information content (AvgIpc) is 2.30. The van der Waals surface area contributed by atoms with Crippen LogP contribution in [-0.2, 0) is 0 Å². The minimum absolute atomic E-state index is 0.442. The van der Waals surface area contributed by atoms with E-state index in [2.05, 4.69) is 6.92 Å². The Morgan fingerprint density at radius 3 is 2.33 bits per heavy atom. The Hall–Kier alpha value is -0.0700. The number of alkyl halides is 1. The Bertz CT molecular complexity index is 110. The number of fused-ring (bicyclic) bond motifs is 1. The van der Waals surface area contributed by atoms with Gasteiger partial charge in [-0.3, -0.25) is 0 Å². The van der Waals surface area contributed by atoms with Gasteiger partial charge in [0, 0.05) is 0 Å². The fourth-order valence-electron chi connectivity index (χ4n) is 2.52. The molecule has 0 radical (unpaired) electrons. The van der Waals surface area contributed by atoms with Gasteiger partial charge in [-0.15, -0.1) is 0 Å². The largest absolute Gasteiger partial charge is 0.247 e. The zero-order valence-electron chi connectivity index (χ0n) is 5.81. The smallest absolute Gasteiger partial charge is 0.101 e. The van der Waals surface area contributed by atoms with Crippen LogP contribution < -0.4 is 0 Å². The van der Waals surface area contributed by atoms with Gasteiger partial charge in [-0.25, -0.2) is 4.39 Å². The molecule has 0 aliphatic heterocycles. The lowest BCUT2D eigenvalue weighted by atomic mass is 10.1. The van der Waals surface area contributed by atoms with Crippen molar-refractivity contribution < 1.29 is 4.39 Å². The molecule has 0 N–H and O–H groups in total. The Morgan fingerprint density at radius 1 is 1.33 bits per heavy atom. The molecule has 0 spiro atoms. The van der Waals surface area contributed by atoms with Crippen molar-refractivity contribution in [3.05, 3.63) is 0 Å². The zero-order valence-corrected chi connectivity index (χ0v) is 5.81.